The van der Waals surface area contributed by atoms with Gasteiger partial charge in [0, 0.05) is 30.4 Å². The second-order valence-electron chi connectivity index (χ2n) is 8.93. The minimum atomic E-state index is -0.662. The summed E-state index contributed by atoms with van der Waals surface area (Å²) >= 11 is 0. The van der Waals surface area contributed by atoms with Crippen molar-refractivity contribution in [3.05, 3.63) is 98.5 Å². The Morgan fingerprint density at radius 3 is 2.58 bits per heavy atom. The van der Waals surface area contributed by atoms with E-state index >= 15 is 0 Å². The molecule has 31 heavy (non-hydrogen) atoms. The van der Waals surface area contributed by atoms with Crippen molar-refractivity contribution in [2.45, 2.75) is 40.2 Å². The summed E-state index contributed by atoms with van der Waals surface area (Å²) < 4.78 is 1.85. The van der Waals surface area contributed by atoms with Gasteiger partial charge in [0.25, 0.3) is 11.5 Å². The molecule has 0 saturated heterocycles. The average molecular weight is 415 g/mol. The highest BCUT2D eigenvalue weighted by molar-refractivity contribution is 6.02. The Labute approximate surface area is 180 Å². The standard InChI is InChI=1S/C25H25N3O3/c1-16-7-9-17(10-8-16)15-28-11-5-4-6-22(28)27-24(31)19-12-18-20(26-23(19)30)13-25(2,3)14-21(18)29/h4-12H,13-15H2,1-3H3,(H,26,30). The summed E-state index contributed by atoms with van der Waals surface area (Å²) in [6.07, 6.45) is 2.81. The lowest BCUT2D eigenvalue weighted by molar-refractivity contribution is 0.0910. The number of ketones is 1. The highest BCUT2D eigenvalue weighted by Crippen LogP contribution is 2.33. The molecule has 3 aromatic rings. The van der Waals surface area contributed by atoms with Crippen molar-refractivity contribution < 1.29 is 9.59 Å². The van der Waals surface area contributed by atoms with Crippen LogP contribution in [0.25, 0.3) is 0 Å². The summed E-state index contributed by atoms with van der Waals surface area (Å²) in [6, 6.07) is 14.9. The van der Waals surface area contributed by atoms with Crippen LogP contribution in [0.3, 0.4) is 0 Å². The van der Waals surface area contributed by atoms with Gasteiger partial charge in [0.15, 0.2) is 5.78 Å². The van der Waals surface area contributed by atoms with E-state index in [1.54, 1.807) is 12.1 Å². The van der Waals surface area contributed by atoms with E-state index in [-0.39, 0.29) is 16.8 Å². The largest absolute Gasteiger partial charge is 0.328 e. The van der Waals surface area contributed by atoms with Crippen LogP contribution in [0.15, 0.2) is 64.5 Å². The molecular weight excluding hydrogens is 390 g/mol. The molecule has 0 bridgehead atoms. The maximum Gasteiger partial charge on any atom is 0.284 e. The van der Waals surface area contributed by atoms with E-state index in [9.17, 15) is 14.4 Å². The third kappa shape index (κ3) is 4.48. The van der Waals surface area contributed by atoms with Gasteiger partial charge in [-0.05, 0) is 42.5 Å². The topological polar surface area (TPSA) is 84.3 Å². The van der Waals surface area contributed by atoms with Gasteiger partial charge < -0.3 is 9.55 Å². The first-order valence-corrected chi connectivity index (χ1v) is 10.3. The number of hydrogen-bond acceptors (Lipinski definition) is 3. The molecule has 6 nitrogen and oxygen atoms in total. The number of benzene rings is 1. The van der Waals surface area contributed by atoms with E-state index in [0.717, 1.165) is 5.56 Å². The monoisotopic (exact) mass is 415 g/mol. The maximum atomic E-state index is 12.9. The zero-order valence-corrected chi connectivity index (χ0v) is 17.9. The van der Waals surface area contributed by atoms with Gasteiger partial charge in [-0.15, -0.1) is 0 Å². The van der Waals surface area contributed by atoms with Crippen LogP contribution in [0, 0.1) is 12.3 Å². The average Bonchev–Trinajstić information content (AvgIpc) is 2.69. The summed E-state index contributed by atoms with van der Waals surface area (Å²) in [7, 11) is 0. The molecule has 1 N–H and O–H groups in total. The number of aromatic nitrogens is 2. The van der Waals surface area contributed by atoms with E-state index in [1.165, 1.54) is 11.6 Å². The summed E-state index contributed by atoms with van der Waals surface area (Å²) in [4.78, 5) is 45.0. The number of Topliss-reactive ketones (excluding diaryl/α,β-unsaturated/α-hetero) is 1. The van der Waals surface area contributed by atoms with Crippen LogP contribution < -0.4 is 11.0 Å². The molecule has 2 heterocycles. The van der Waals surface area contributed by atoms with Crippen molar-refractivity contribution in [1.82, 2.24) is 9.55 Å². The van der Waals surface area contributed by atoms with Crippen molar-refractivity contribution in [1.29, 1.82) is 0 Å². The number of aromatic amines is 1. The Kier molecular flexibility index (Phi) is 5.31. The van der Waals surface area contributed by atoms with Gasteiger partial charge >= 0.3 is 0 Å². The fourth-order valence-electron chi connectivity index (χ4n) is 3.94. The molecule has 1 aromatic carbocycles. The Morgan fingerprint density at radius 1 is 1.10 bits per heavy atom. The molecule has 158 valence electrons. The summed E-state index contributed by atoms with van der Waals surface area (Å²) in [5, 5.41) is 0. The minimum Gasteiger partial charge on any atom is -0.328 e. The van der Waals surface area contributed by atoms with E-state index in [4.69, 9.17) is 0 Å². The molecule has 0 aliphatic heterocycles. The van der Waals surface area contributed by atoms with E-state index in [0.29, 0.717) is 36.1 Å². The quantitative estimate of drug-likeness (QED) is 0.711. The molecule has 0 fully saturated rings. The molecule has 4 rings (SSSR count). The lowest BCUT2D eigenvalue weighted by Gasteiger charge is -2.29. The fraction of sp³-hybridized carbons (Fsp3) is 0.280. The number of nitrogens with zero attached hydrogens (tertiary/aromatic N) is 2. The van der Waals surface area contributed by atoms with Crippen molar-refractivity contribution >= 4 is 11.7 Å². The zero-order valence-electron chi connectivity index (χ0n) is 17.9. The lowest BCUT2D eigenvalue weighted by atomic mass is 9.75. The normalized spacial score (nSPS) is 15.6. The Morgan fingerprint density at radius 2 is 1.84 bits per heavy atom. The first-order valence-electron chi connectivity index (χ1n) is 10.3. The number of carbonyl (C=O) groups is 2. The van der Waals surface area contributed by atoms with Crippen LogP contribution in [0.1, 0.15) is 57.8 Å². The van der Waals surface area contributed by atoms with Gasteiger partial charge in [-0.1, -0.05) is 49.7 Å². The number of rotatable bonds is 3. The van der Waals surface area contributed by atoms with Gasteiger partial charge in [-0.3, -0.25) is 14.4 Å². The predicted molar refractivity (Wildman–Crippen MR) is 118 cm³/mol. The first kappa shape index (κ1) is 20.7. The van der Waals surface area contributed by atoms with Crippen LogP contribution in [0.2, 0.25) is 0 Å². The number of H-pyrrole nitrogens is 1. The smallest absolute Gasteiger partial charge is 0.284 e. The highest BCUT2D eigenvalue weighted by Gasteiger charge is 2.32. The maximum absolute atomic E-state index is 12.9. The fourth-order valence-corrected chi connectivity index (χ4v) is 3.94. The van der Waals surface area contributed by atoms with Crippen LogP contribution >= 0.6 is 0 Å². The van der Waals surface area contributed by atoms with Gasteiger partial charge in [0.1, 0.15) is 11.1 Å². The van der Waals surface area contributed by atoms with Crippen molar-refractivity contribution in [2.24, 2.45) is 10.4 Å². The number of nitrogens with one attached hydrogen (secondary N) is 1. The Hall–Kier alpha value is -3.54. The number of carbonyl (C=O) groups excluding carboxylic acids is 2. The molecule has 1 amide bonds. The lowest BCUT2D eigenvalue weighted by Crippen LogP contribution is -2.32. The molecule has 0 spiro atoms. The number of fused-ring (bicyclic) bond motifs is 1. The minimum absolute atomic E-state index is 0.0642. The van der Waals surface area contributed by atoms with E-state index in [2.05, 4.69) is 9.98 Å². The number of hydrogen-bond donors (Lipinski definition) is 1. The van der Waals surface area contributed by atoms with E-state index < -0.39 is 11.5 Å². The second kappa shape index (κ2) is 7.95. The molecule has 2 aromatic heterocycles. The third-order valence-corrected chi connectivity index (χ3v) is 5.55. The second-order valence-corrected chi connectivity index (χ2v) is 8.93. The van der Waals surface area contributed by atoms with Gasteiger partial charge in [0.05, 0.1) is 0 Å². The molecule has 0 atom stereocenters. The third-order valence-electron chi connectivity index (χ3n) is 5.55. The molecule has 1 aliphatic rings. The van der Waals surface area contributed by atoms with Crippen LogP contribution in [0.5, 0.6) is 0 Å². The Bertz CT molecular complexity index is 1290. The molecule has 6 heteroatoms. The van der Waals surface area contributed by atoms with Crippen LogP contribution in [0.4, 0.5) is 0 Å². The van der Waals surface area contributed by atoms with Crippen molar-refractivity contribution in [2.75, 3.05) is 0 Å². The van der Waals surface area contributed by atoms with Crippen LogP contribution in [-0.2, 0) is 13.0 Å². The summed E-state index contributed by atoms with van der Waals surface area (Å²) in [5.74, 6) is -0.726. The highest BCUT2D eigenvalue weighted by atomic mass is 16.2. The molecule has 1 aliphatic carbocycles. The van der Waals surface area contributed by atoms with Crippen molar-refractivity contribution in [3.63, 3.8) is 0 Å². The Balaban J connectivity index is 1.70. The molecular formula is C25H25N3O3. The zero-order chi connectivity index (χ0) is 22.2. The first-order chi connectivity index (χ1) is 14.7. The summed E-state index contributed by atoms with van der Waals surface area (Å²) in [5.41, 5.74) is 2.86. The number of pyridine rings is 2. The number of amides is 1. The summed E-state index contributed by atoms with van der Waals surface area (Å²) in [6.45, 7) is 6.55. The van der Waals surface area contributed by atoms with E-state index in [1.807, 2.05) is 61.9 Å². The van der Waals surface area contributed by atoms with Crippen LogP contribution in [-0.4, -0.2) is 21.2 Å². The number of aryl methyl sites for hydroxylation is 1. The van der Waals surface area contributed by atoms with Crippen molar-refractivity contribution in [3.8, 4) is 0 Å². The van der Waals surface area contributed by atoms with Gasteiger partial charge in [-0.25, -0.2) is 0 Å². The van der Waals surface area contributed by atoms with Gasteiger partial charge in [0.2, 0.25) is 0 Å². The molecule has 0 radical (unpaired) electrons. The molecule has 0 saturated carbocycles. The molecule has 0 unspecified atom stereocenters. The van der Waals surface area contributed by atoms with Gasteiger partial charge in [-0.2, -0.15) is 4.99 Å². The predicted octanol–water partition coefficient (Wildman–Crippen LogP) is 3.43. The SMILES string of the molecule is Cc1ccc(Cn2ccccc2=NC(=O)c2cc3c([nH]c2=O)CC(C)(C)CC3=O)cc1.